The Bertz CT molecular complexity index is 336. The summed E-state index contributed by atoms with van der Waals surface area (Å²) in [6, 6.07) is 5.17. The van der Waals surface area contributed by atoms with Gasteiger partial charge < -0.3 is 5.32 Å². The van der Waals surface area contributed by atoms with E-state index in [1.54, 1.807) is 4.88 Å². The minimum atomic E-state index is 0.646. The van der Waals surface area contributed by atoms with Crippen LogP contribution < -0.4 is 5.32 Å². The molecule has 2 saturated carbocycles. The van der Waals surface area contributed by atoms with Gasteiger partial charge in [0.1, 0.15) is 0 Å². The number of nitrogens with one attached hydrogen (secondary N) is 1. The van der Waals surface area contributed by atoms with E-state index in [0.717, 1.165) is 11.8 Å². The van der Waals surface area contributed by atoms with Crippen LogP contribution in [0.25, 0.3) is 0 Å². The van der Waals surface area contributed by atoms with Crippen molar-refractivity contribution in [2.75, 3.05) is 6.54 Å². The topological polar surface area (TPSA) is 12.0 Å². The molecule has 2 heteroatoms. The van der Waals surface area contributed by atoms with Crippen LogP contribution in [-0.2, 0) is 0 Å². The highest BCUT2D eigenvalue weighted by atomic mass is 32.1. The molecule has 1 nitrogen and oxygen atoms in total. The van der Waals surface area contributed by atoms with Crippen molar-refractivity contribution in [3.05, 3.63) is 22.4 Å². The summed E-state index contributed by atoms with van der Waals surface area (Å²) in [7, 11) is 0. The fraction of sp³-hybridized carbons (Fsp3) is 0.750. The summed E-state index contributed by atoms with van der Waals surface area (Å²) in [6.45, 7) is 1.23. The van der Waals surface area contributed by atoms with Crippen molar-refractivity contribution in [1.82, 2.24) is 5.32 Å². The first-order valence-corrected chi connectivity index (χ1v) is 8.58. The molecule has 2 aliphatic rings. The van der Waals surface area contributed by atoms with E-state index in [4.69, 9.17) is 0 Å². The van der Waals surface area contributed by atoms with Crippen LogP contribution in [-0.4, -0.2) is 6.54 Å². The molecule has 3 rings (SSSR count). The van der Waals surface area contributed by atoms with Crippen molar-refractivity contribution in [1.29, 1.82) is 0 Å². The first-order valence-electron chi connectivity index (χ1n) is 7.70. The summed E-state index contributed by atoms with van der Waals surface area (Å²) < 4.78 is 0. The molecule has 0 aliphatic heterocycles. The van der Waals surface area contributed by atoms with Gasteiger partial charge in [-0.3, -0.25) is 0 Å². The van der Waals surface area contributed by atoms with Crippen LogP contribution >= 0.6 is 11.3 Å². The van der Waals surface area contributed by atoms with E-state index in [-0.39, 0.29) is 0 Å². The molecular weight excluding hydrogens is 238 g/mol. The molecular formula is C16H25NS. The maximum Gasteiger partial charge on any atom is 0.0443 e. The van der Waals surface area contributed by atoms with Crippen molar-refractivity contribution in [2.45, 2.75) is 57.4 Å². The lowest BCUT2D eigenvalue weighted by molar-refractivity contribution is 0.277. The Kier molecular flexibility index (Phi) is 4.37. The maximum absolute atomic E-state index is 3.87. The Hall–Kier alpha value is -0.340. The number of rotatable bonds is 6. The molecule has 2 aliphatic carbocycles. The average Bonchev–Trinajstić information content (AvgIpc) is 2.99. The molecule has 0 radical (unpaired) electrons. The molecule has 1 N–H and O–H groups in total. The molecule has 1 unspecified atom stereocenters. The van der Waals surface area contributed by atoms with Gasteiger partial charge in [-0.25, -0.2) is 0 Å². The van der Waals surface area contributed by atoms with E-state index in [2.05, 4.69) is 22.8 Å². The van der Waals surface area contributed by atoms with Gasteiger partial charge in [0, 0.05) is 10.9 Å². The molecule has 1 atom stereocenters. The zero-order valence-electron chi connectivity index (χ0n) is 11.2. The van der Waals surface area contributed by atoms with Crippen LogP contribution in [0.5, 0.6) is 0 Å². The Balaban J connectivity index is 1.54. The van der Waals surface area contributed by atoms with E-state index in [1.165, 1.54) is 57.9 Å². The van der Waals surface area contributed by atoms with E-state index in [1.807, 2.05) is 11.3 Å². The summed E-state index contributed by atoms with van der Waals surface area (Å²) >= 11 is 1.93. The Morgan fingerprint density at radius 2 is 2.00 bits per heavy atom. The summed E-state index contributed by atoms with van der Waals surface area (Å²) in [5.41, 5.74) is 0. The number of thiophene rings is 1. The zero-order chi connectivity index (χ0) is 12.2. The first kappa shape index (κ1) is 12.7. The predicted molar refractivity (Wildman–Crippen MR) is 79.0 cm³/mol. The van der Waals surface area contributed by atoms with Crippen LogP contribution in [0, 0.1) is 11.8 Å². The van der Waals surface area contributed by atoms with Crippen LogP contribution in [0.4, 0.5) is 0 Å². The maximum atomic E-state index is 3.87. The third kappa shape index (κ3) is 2.97. The monoisotopic (exact) mass is 263 g/mol. The van der Waals surface area contributed by atoms with E-state index < -0.39 is 0 Å². The average molecular weight is 263 g/mol. The summed E-state index contributed by atoms with van der Waals surface area (Å²) in [5, 5.41) is 6.10. The molecule has 1 aromatic rings. The Labute approximate surface area is 115 Å². The third-order valence-corrected chi connectivity index (χ3v) is 5.82. The molecule has 0 spiro atoms. The van der Waals surface area contributed by atoms with E-state index in [0.29, 0.717) is 6.04 Å². The van der Waals surface area contributed by atoms with Crippen LogP contribution in [0.2, 0.25) is 0 Å². The molecule has 0 amide bonds. The lowest BCUT2D eigenvalue weighted by atomic mass is 9.83. The highest BCUT2D eigenvalue weighted by molar-refractivity contribution is 7.10. The number of hydrogen-bond donors (Lipinski definition) is 1. The highest BCUT2D eigenvalue weighted by Crippen LogP contribution is 2.37. The van der Waals surface area contributed by atoms with Crippen molar-refractivity contribution in [2.24, 2.45) is 11.8 Å². The molecule has 2 fully saturated rings. The normalized spacial score (nSPS) is 23.1. The minimum Gasteiger partial charge on any atom is -0.309 e. The standard InChI is InChI=1S/C16H25NS/c1-2-8-14(7-1)16(15-9-4-12-18-15)17-11-10-13-5-3-6-13/h4,9,12-14,16-17H,1-3,5-8,10-11H2. The van der Waals surface area contributed by atoms with Gasteiger partial charge in [0.25, 0.3) is 0 Å². The lowest BCUT2D eigenvalue weighted by Crippen LogP contribution is -2.29. The molecule has 0 aromatic carbocycles. The Morgan fingerprint density at radius 3 is 2.61 bits per heavy atom. The second kappa shape index (κ2) is 6.21. The lowest BCUT2D eigenvalue weighted by Gasteiger charge is -2.28. The second-order valence-corrected chi connectivity index (χ2v) is 7.06. The van der Waals surface area contributed by atoms with Gasteiger partial charge in [0.2, 0.25) is 0 Å². The van der Waals surface area contributed by atoms with Crippen LogP contribution in [0.3, 0.4) is 0 Å². The van der Waals surface area contributed by atoms with Gasteiger partial charge in [-0.2, -0.15) is 0 Å². The van der Waals surface area contributed by atoms with E-state index >= 15 is 0 Å². The van der Waals surface area contributed by atoms with Gasteiger partial charge in [0.15, 0.2) is 0 Å². The highest BCUT2D eigenvalue weighted by Gasteiger charge is 2.27. The fourth-order valence-electron chi connectivity index (χ4n) is 3.48. The predicted octanol–water partition coefficient (Wildman–Crippen LogP) is 4.76. The van der Waals surface area contributed by atoms with Crippen LogP contribution in [0.15, 0.2) is 17.5 Å². The van der Waals surface area contributed by atoms with Crippen molar-refractivity contribution in [3.8, 4) is 0 Å². The zero-order valence-corrected chi connectivity index (χ0v) is 12.1. The van der Waals surface area contributed by atoms with Crippen molar-refractivity contribution >= 4 is 11.3 Å². The van der Waals surface area contributed by atoms with Gasteiger partial charge in [-0.15, -0.1) is 11.3 Å². The molecule has 18 heavy (non-hydrogen) atoms. The van der Waals surface area contributed by atoms with Crippen molar-refractivity contribution < 1.29 is 0 Å². The smallest absolute Gasteiger partial charge is 0.0443 e. The number of hydrogen-bond acceptors (Lipinski definition) is 2. The third-order valence-electron chi connectivity index (χ3n) is 4.86. The van der Waals surface area contributed by atoms with Crippen molar-refractivity contribution in [3.63, 3.8) is 0 Å². The fourth-order valence-corrected chi connectivity index (χ4v) is 4.38. The summed E-state index contributed by atoms with van der Waals surface area (Å²) in [4.78, 5) is 1.57. The van der Waals surface area contributed by atoms with E-state index in [9.17, 15) is 0 Å². The molecule has 1 heterocycles. The SMILES string of the molecule is c1csc(C(NCCC2CCC2)C2CCCC2)c1. The molecule has 0 saturated heterocycles. The van der Waals surface area contributed by atoms with Gasteiger partial charge in [-0.1, -0.05) is 38.2 Å². The van der Waals surface area contributed by atoms with Gasteiger partial charge >= 0.3 is 0 Å². The second-order valence-electron chi connectivity index (χ2n) is 6.08. The quantitative estimate of drug-likeness (QED) is 0.780. The first-order chi connectivity index (χ1) is 8.93. The molecule has 1 aromatic heterocycles. The van der Waals surface area contributed by atoms with Gasteiger partial charge in [-0.05, 0) is 49.1 Å². The molecule has 100 valence electrons. The Morgan fingerprint density at radius 1 is 1.17 bits per heavy atom. The summed E-state index contributed by atoms with van der Waals surface area (Å²) in [5.74, 6) is 1.93. The van der Waals surface area contributed by atoms with Crippen LogP contribution in [0.1, 0.15) is 62.3 Å². The van der Waals surface area contributed by atoms with Gasteiger partial charge in [0.05, 0.1) is 0 Å². The summed E-state index contributed by atoms with van der Waals surface area (Å²) in [6.07, 6.45) is 11.6. The molecule has 0 bridgehead atoms. The largest absolute Gasteiger partial charge is 0.309 e. The minimum absolute atomic E-state index is 0.646.